The molecule has 1 aliphatic carbocycles. The standard InChI is InChI=1S/C16H23ClN2OS/c1-16(2,3)13-7-10(8-14(17)19-13)15(20)18-11-5-6-12(9-11)21-4/h7-8,11-12H,5-6,9H2,1-4H3,(H,18,20). The van der Waals surface area contributed by atoms with Crippen LogP contribution in [0.2, 0.25) is 5.15 Å². The van der Waals surface area contributed by atoms with E-state index >= 15 is 0 Å². The maximum absolute atomic E-state index is 12.4. The highest BCUT2D eigenvalue weighted by molar-refractivity contribution is 7.99. The summed E-state index contributed by atoms with van der Waals surface area (Å²) in [6.07, 6.45) is 5.42. The molecule has 2 rings (SSSR count). The quantitative estimate of drug-likeness (QED) is 0.852. The predicted octanol–water partition coefficient (Wildman–Crippen LogP) is 4.05. The van der Waals surface area contributed by atoms with Gasteiger partial charge in [0.15, 0.2) is 0 Å². The summed E-state index contributed by atoms with van der Waals surface area (Å²) < 4.78 is 0. The van der Waals surface area contributed by atoms with Gasteiger partial charge >= 0.3 is 0 Å². The van der Waals surface area contributed by atoms with Gasteiger partial charge in [-0.3, -0.25) is 4.79 Å². The van der Waals surface area contributed by atoms with Gasteiger partial charge in [0.25, 0.3) is 5.91 Å². The van der Waals surface area contributed by atoms with Crippen LogP contribution >= 0.6 is 23.4 Å². The minimum absolute atomic E-state index is 0.0449. The number of thioether (sulfide) groups is 1. The molecule has 1 aromatic rings. The molecule has 0 aliphatic heterocycles. The van der Waals surface area contributed by atoms with Crippen LogP contribution in [0.4, 0.5) is 0 Å². The molecule has 1 aliphatic rings. The van der Waals surface area contributed by atoms with Gasteiger partial charge in [0.1, 0.15) is 5.15 Å². The molecule has 1 N–H and O–H groups in total. The number of hydrogen-bond donors (Lipinski definition) is 1. The maximum Gasteiger partial charge on any atom is 0.251 e. The number of aromatic nitrogens is 1. The molecule has 2 atom stereocenters. The van der Waals surface area contributed by atoms with Crippen molar-refractivity contribution in [3.05, 3.63) is 28.5 Å². The largest absolute Gasteiger partial charge is 0.349 e. The van der Waals surface area contributed by atoms with E-state index in [9.17, 15) is 4.79 Å². The molecule has 1 heterocycles. The molecule has 21 heavy (non-hydrogen) atoms. The molecule has 0 aromatic carbocycles. The predicted molar refractivity (Wildman–Crippen MR) is 90.4 cm³/mol. The lowest BCUT2D eigenvalue weighted by Gasteiger charge is -2.19. The summed E-state index contributed by atoms with van der Waals surface area (Å²) in [5, 5.41) is 4.17. The van der Waals surface area contributed by atoms with E-state index in [0.29, 0.717) is 16.0 Å². The summed E-state index contributed by atoms with van der Waals surface area (Å²) >= 11 is 7.95. The number of nitrogens with one attached hydrogen (secondary N) is 1. The number of nitrogens with zero attached hydrogens (tertiary/aromatic N) is 1. The van der Waals surface area contributed by atoms with Crippen molar-refractivity contribution in [2.75, 3.05) is 6.26 Å². The molecular weight excluding hydrogens is 304 g/mol. The molecule has 1 fully saturated rings. The number of hydrogen-bond acceptors (Lipinski definition) is 3. The van der Waals surface area contributed by atoms with E-state index in [0.717, 1.165) is 18.5 Å². The summed E-state index contributed by atoms with van der Waals surface area (Å²) in [5.74, 6) is -0.0449. The summed E-state index contributed by atoms with van der Waals surface area (Å²) in [6, 6.07) is 3.77. The molecule has 1 aromatic heterocycles. The van der Waals surface area contributed by atoms with E-state index < -0.39 is 0 Å². The van der Waals surface area contributed by atoms with Crippen LogP contribution in [-0.4, -0.2) is 28.4 Å². The van der Waals surface area contributed by atoms with Gasteiger partial charge in [-0.15, -0.1) is 0 Å². The summed E-state index contributed by atoms with van der Waals surface area (Å²) in [5.41, 5.74) is 1.32. The molecule has 1 saturated carbocycles. The van der Waals surface area contributed by atoms with Crippen LogP contribution in [0.3, 0.4) is 0 Å². The lowest BCUT2D eigenvalue weighted by molar-refractivity contribution is 0.0937. The first-order valence-electron chi connectivity index (χ1n) is 7.31. The van der Waals surface area contributed by atoms with E-state index in [-0.39, 0.29) is 17.4 Å². The van der Waals surface area contributed by atoms with Gasteiger partial charge in [-0.25, -0.2) is 4.98 Å². The minimum atomic E-state index is -0.128. The molecule has 0 radical (unpaired) electrons. The van der Waals surface area contributed by atoms with Crippen LogP contribution in [-0.2, 0) is 5.41 Å². The van der Waals surface area contributed by atoms with Crippen LogP contribution in [0.15, 0.2) is 12.1 Å². The zero-order valence-electron chi connectivity index (χ0n) is 13.1. The summed E-state index contributed by atoms with van der Waals surface area (Å²) in [7, 11) is 0. The second-order valence-corrected chi connectivity index (χ2v) is 8.18. The van der Waals surface area contributed by atoms with Crippen molar-refractivity contribution in [3.63, 3.8) is 0 Å². The van der Waals surface area contributed by atoms with Crippen molar-refractivity contribution >= 4 is 29.3 Å². The normalized spacial score (nSPS) is 22.3. The highest BCUT2D eigenvalue weighted by atomic mass is 35.5. The third-order valence-electron chi connectivity index (χ3n) is 3.88. The SMILES string of the molecule is CSC1CCC(NC(=O)c2cc(Cl)nc(C(C)(C)C)c2)C1. The molecule has 5 heteroatoms. The zero-order valence-corrected chi connectivity index (χ0v) is 14.6. The Labute approximate surface area is 136 Å². The molecular formula is C16H23ClN2OS. The molecule has 3 nitrogen and oxygen atoms in total. The smallest absolute Gasteiger partial charge is 0.251 e. The first-order valence-corrected chi connectivity index (χ1v) is 8.98. The lowest BCUT2D eigenvalue weighted by Crippen LogP contribution is -2.33. The van der Waals surface area contributed by atoms with Crippen molar-refractivity contribution in [1.29, 1.82) is 0 Å². The first-order chi connectivity index (χ1) is 9.79. The van der Waals surface area contributed by atoms with E-state index in [1.54, 1.807) is 6.07 Å². The highest BCUT2D eigenvalue weighted by Crippen LogP contribution is 2.28. The molecule has 0 saturated heterocycles. The van der Waals surface area contributed by atoms with Crippen LogP contribution < -0.4 is 5.32 Å². The van der Waals surface area contributed by atoms with Crippen molar-refractivity contribution in [2.24, 2.45) is 0 Å². The molecule has 2 unspecified atom stereocenters. The molecule has 0 bridgehead atoms. The van der Waals surface area contributed by atoms with E-state index in [4.69, 9.17) is 11.6 Å². The van der Waals surface area contributed by atoms with Crippen LogP contribution in [0.1, 0.15) is 56.1 Å². The van der Waals surface area contributed by atoms with E-state index in [2.05, 4.69) is 37.3 Å². The fourth-order valence-electron chi connectivity index (χ4n) is 2.57. The van der Waals surface area contributed by atoms with E-state index in [1.807, 2.05) is 17.8 Å². The van der Waals surface area contributed by atoms with Gasteiger partial charge in [0.2, 0.25) is 0 Å². The average Bonchev–Trinajstić information content (AvgIpc) is 2.84. The van der Waals surface area contributed by atoms with Crippen molar-refractivity contribution in [3.8, 4) is 0 Å². The number of rotatable bonds is 3. The number of amides is 1. The van der Waals surface area contributed by atoms with Crippen LogP contribution in [0, 0.1) is 0 Å². The maximum atomic E-state index is 12.4. The van der Waals surface area contributed by atoms with Crippen LogP contribution in [0.5, 0.6) is 0 Å². The lowest BCUT2D eigenvalue weighted by atomic mass is 9.91. The Morgan fingerprint density at radius 1 is 1.38 bits per heavy atom. The molecule has 116 valence electrons. The Hall–Kier alpha value is -0.740. The van der Waals surface area contributed by atoms with Crippen LogP contribution in [0.25, 0.3) is 0 Å². The topological polar surface area (TPSA) is 42.0 Å². The van der Waals surface area contributed by atoms with Gasteiger partial charge in [-0.2, -0.15) is 11.8 Å². The molecule has 1 amide bonds. The Bertz CT molecular complexity index is 527. The second kappa shape index (κ2) is 6.57. The Morgan fingerprint density at radius 2 is 2.10 bits per heavy atom. The van der Waals surface area contributed by atoms with Crippen molar-refractivity contribution in [1.82, 2.24) is 10.3 Å². The Morgan fingerprint density at radius 3 is 2.67 bits per heavy atom. The fraction of sp³-hybridized carbons (Fsp3) is 0.625. The summed E-state index contributed by atoms with van der Waals surface area (Å²) in [6.45, 7) is 6.19. The van der Waals surface area contributed by atoms with E-state index in [1.165, 1.54) is 6.42 Å². The monoisotopic (exact) mass is 326 g/mol. The minimum Gasteiger partial charge on any atom is -0.349 e. The molecule has 0 spiro atoms. The zero-order chi connectivity index (χ0) is 15.6. The number of carbonyl (C=O) groups excluding carboxylic acids is 1. The van der Waals surface area contributed by atoms with Crippen molar-refractivity contribution in [2.45, 2.75) is 56.7 Å². The average molecular weight is 327 g/mol. The van der Waals surface area contributed by atoms with Gasteiger partial charge < -0.3 is 5.32 Å². The third-order valence-corrected chi connectivity index (χ3v) is 5.17. The highest BCUT2D eigenvalue weighted by Gasteiger charge is 2.26. The third kappa shape index (κ3) is 4.36. The number of pyridine rings is 1. The van der Waals surface area contributed by atoms with Gasteiger partial charge in [0, 0.05) is 28.0 Å². The number of halogens is 1. The second-order valence-electron chi connectivity index (χ2n) is 6.65. The first kappa shape index (κ1) is 16.6. The van der Waals surface area contributed by atoms with Gasteiger partial charge in [0.05, 0.1) is 0 Å². The Balaban J connectivity index is 2.11. The summed E-state index contributed by atoms with van der Waals surface area (Å²) in [4.78, 5) is 16.7. The number of carbonyl (C=O) groups is 1. The Kier molecular flexibility index (Phi) is 5.20. The van der Waals surface area contributed by atoms with Gasteiger partial charge in [-0.05, 0) is 37.7 Å². The van der Waals surface area contributed by atoms with Gasteiger partial charge in [-0.1, -0.05) is 32.4 Å². The van der Waals surface area contributed by atoms with Crippen molar-refractivity contribution < 1.29 is 4.79 Å². The fourth-order valence-corrected chi connectivity index (χ4v) is 3.57.